The van der Waals surface area contributed by atoms with Crippen LogP contribution >= 0.6 is 0 Å². The van der Waals surface area contributed by atoms with Gasteiger partial charge in [0.2, 0.25) is 0 Å². The van der Waals surface area contributed by atoms with Crippen LogP contribution in [0.2, 0.25) is 0 Å². The Bertz CT molecular complexity index is 688. The molecule has 0 radical (unpaired) electrons. The normalized spacial score (nSPS) is 10.9. The molecule has 0 spiro atoms. The summed E-state index contributed by atoms with van der Waals surface area (Å²) in [6, 6.07) is 7.76. The van der Waals surface area contributed by atoms with Crippen LogP contribution in [0.3, 0.4) is 0 Å². The van der Waals surface area contributed by atoms with Gasteiger partial charge in [-0.3, -0.25) is 9.67 Å². The first-order valence-electron chi connectivity index (χ1n) is 5.30. The highest BCUT2D eigenvalue weighted by atomic mass is 16.3. The summed E-state index contributed by atoms with van der Waals surface area (Å²) in [5, 5.41) is 14.7. The number of pyridine rings is 1. The van der Waals surface area contributed by atoms with Crippen molar-refractivity contribution in [3.05, 3.63) is 42.9 Å². The molecular formula is C13H11N3O. The standard InChI is InChI=1S/C13H11N3O/c1-16-13-5-9(2-3-10(13)7-15-16)11-4-12(17)8-14-6-11/h2-8,17H,1H3. The Morgan fingerprint density at radius 1 is 1.06 bits per heavy atom. The van der Waals surface area contributed by atoms with Crippen LogP contribution in [0.25, 0.3) is 22.0 Å². The van der Waals surface area contributed by atoms with Crippen LogP contribution in [0, 0.1) is 0 Å². The van der Waals surface area contributed by atoms with E-state index >= 15 is 0 Å². The van der Waals surface area contributed by atoms with Gasteiger partial charge in [0.1, 0.15) is 5.75 Å². The molecule has 0 saturated carbocycles. The van der Waals surface area contributed by atoms with Crippen molar-refractivity contribution in [1.29, 1.82) is 0 Å². The van der Waals surface area contributed by atoms with Crippen LogP contribution in [0.5, 0.6) is 5.75 Å². The predicted octanol–water partition coefficient (Wildman–Crippen LogP) is 2.34. The fraction of sp³-hybridized carbons (Fsp3) is 0.0769. The Kier molecular flexibility index (Phi) is 2.08. The van der Waals surface area contributed by atoms with Gasteiger partial charge < -0.3 is 5.11 Å². The van der Waals surface area contributed by atoms with E-state index in [9.17, 15) is 5.11 Å². The third kappa shape index (κ3) is 1.63. The summed E-state index contributed by atoms with van der Waals surface area (Å²) in [6.45, 7) is 0. The lowest BCUT2D eigenvalue weighted by Gasteiger charge is -2.02. The molecule has 0 aliphatic heterocycles. The summed E-state index contributed by atoms with van der Waals surface area (Å²) >= 11 is 0. The van der Waals surface area contributed by atoms with E-state index in [4.69, 9.17) is 0 Å². The Labute approximate surface area is 98.2 Å². The highest BCUT2D eigenvalue weighted by Crippen LogP contribution is 2.25. The molecule has 0 fully saturated rings. The first-order chi connectivity index (χ1) is 8.24. The molecule has 1 N–H and O–H groups in total. The van der Waals surface area contributed by atoms with Gasteiger partial charge in [-0.15, -0.1) is 0 Å². The minimum atomic E-state index is 0.174. The Morgan fingerprint density at radius 3 is 2.76 bits per heavy atom. The lowest BCUT2D eigenvalue weighted by molar-refractivity contribution is 0.473. The summed E-state index contributed by atoms with van der Waals surface area (Å²) in [6.07, 6.45) is 4.99. The van der Waals surface area contributed by atoms with Gasteiger partial charge in [-0.1, -0.05) is 12.1 Å². The molecule has 3 rings (SSSR count). The summed E-state index contributed by atoms with van der Waals surface area (Å²) in [5.74, 6) is 0.174. The molecule has 2 aromatic heterocycles. The van der Waals surface area contributed by atoms with E-state index in [2.05, 4.69) is 10.1 Å². The largest absolute Gasteiger partial charge is 0.506 e. The maximum Gasteiger partial charge on any atom is 0.134 e. The zero-order valence-corrected chi connectivity index (χ0v) is 9.33. The summed E-state index contributed by atoms with van der Waals surface area (Å²) in [5.41, 5.74) is 2.98. The Balaban J connectivity index is 2.20. The van der Waals surface area contributed by atoms with E-state index in [1.807, 2.05) is 36.1 Å². The van der Waals surface area contributed by atoms with Crippen LogP contribution in [0.4, 0.5) is 0 Å². The van der Waals surface area contributed by atoms with E-state index in [0.717, 1.165) is 22.0 Å². The number of benzene rings is 1. The number of aryl methyl sites for hydroxylation is 1. The number of rotatable bonds is 1. The number of aromatic nitrogens is 3. The van der Waals surface area contributed by atoms with Crippen molar-refractivity contribution >= 4 is 10.9 Å². The smallest absolute Gasteiger partial charge is 0.134 e. The van der Waals surface area contributed by atoms with Crippen LogP contribution in [0.15, 0.2) is 42.9 Å². The van der Waals surface area contributed by atoms with E-state index < -0.39 is 0 Å². The average Bonchev–Trinajstić information content (AvgIpc) is 2.71. The van der Waals surface area contributed by atoms with Crippen molar-refractivity contribution in [3.63, 3.8) is 0 Å². The second-order valence-corrected chi connectivity index (χ2v) is 3.97. The number of aromatic hydroxyl groups is 1. The van der Waals surface area contributed by atoms with Gasteiger partial charge in [0, 0.05) is 24.2 Å². The van der Waals surface area contributed by atoms with E-state index in [0.29, 0.717) is 0 Å². The van der Waals surface area contributed by atoms with Gasteiger partial charge in [-0.05, 0) is 17.7 Å². The van der Waals surface area contributed by atoms with Crippen molar-refractivity contribution in [2.45, 2.75) is 0 Å². The minimum absolute atomic E-state index is 0.174. The number of hydrogen-bond donors (Lipinski definition) is 1. The second kappa shape index (κ2) is 3.59. The third-order valence-electron chi connectivity index (χ3n) is 2.81. The monoisotopic (exact) mass is 225 g/mol. The van der Waals surface area contributed by atoms with E-state index in [-0.39, 0.29) is 5.75 Å². The molecule has 0 aliphatic carbocycles. The lowest BCUT2D eigenvalue weighted by atomic mass is 10.1. The number of nitrogens with zero attached hydrogens (tertiary/aromatic N) is 3. The van der Waals surface area contributed by atoms with Crippen LogP contribution in [-0.2, 0) is 7.05 Å². The lowest BCUT2D eigenvalue weighted by Crippen LogP contribution is -1.89. The summed E-state index contributed by atoms with van der Waals surface area (Å²) in [4.78, 5) is 3.98. The molecule has 2 heterocycles. The van der Waals surface area contributed by atoms with Crippen LogP contribution in [0.1, 0.15) is 0 Å². The van der Waals surface area contributed by atoms with E-state index in [1.165, 1.54) is 6.20 Å². The van der Waals surface area contributed by atoms with Gasteiger partial charge in [0.25, 0.3) is 0 Å². The van der Waals surface area contributed by atoms with Gasteiger partial charge in [-0.25, -0.2) is 0 Å². The first kappa shape index (κ1) is 9.84. The average molecular weight is 225 g/mol. The molecule has 0 unspecified atom stereocenters. The fourth-order valence-electron chi connectivity index (χ4n) is 1.91. The molecule has 3 aromatic rings. The second-order valence-electron chi connectivity index (χ2n) is 3.97. The summed E-state index contributed by atoms with van der Waals surface area (Å²) in [7, 11) is 1.91. The van der Waals surface area contributed by atoms with Crippen molar-refractivity contribution in [2.24, 2.45) is 7.05 Å². The van der Waals surface area contributed by atoms with Crippen molar-refractivity contribution in [1.82, 2.24) is 14.8 Å². The van der Waals surface area contributed by atoms with E-state index in [1.54, 1.807) is 12.3 Å². The molecule has 1 aromatic carbocycles. The number of fused-ring (bicyclic) bond motifs is 1. The molecule has 0 aliphatic rings. The van der Waals surface area contributed by atoms with Crippen molar-refractivity contribution < 1.29 is 5.11 Å². The Hall–Kier alpha value is -2.36. The van der Waals surface area contributed by atoms with Gasteiger partial charge in [0.05, 0.1) is 17.9 Å². The van der Waals surface area contributed by atoms with Gasteiger partial charge in [0.15, 0.2) is 0 Å². The quantitative estimate of drug-likeness (QED) is 0.691. The molecule has 0 atom stereocenters. The molecule has 4 heteroatoms. The SMILES string of the molecule is Cn1ncc2ccc(-c3cncc(O)c3)cc21. The van der Waals surface area contributed by atoms with Crippen LogP contribution in [-0.4, -0.2) is 19.9 Å². The molecule has 0 bridgehead atoms. The molecule has 17 heavy (non-hydrogen) atoms. The Morgan fingerprint density at radius 2 is 1.94 bits per heavy atom. The molecule has 4 nitrogen and oxygen atoms in total. The fourth-order valence-corrected chi connectivity index (χ4v) is 1.91. The summed E-state index contributed by atoms with van der Waals surface area (Å²) < 4.78 is 1.83. The van der Waals surface area contributed by atoms with Crippen LogP contribution < -0.4 is 0 Å². The molecule has 0 amide bonds. The van der Waals surface area contributed by atoms with Gasteiger partial charge in [-0.2, -0.15) is 5.10 Å². The minimum Gasteiger partial charge on any atom is -0.506 e. The zero-order chi connectivity index (χ0) is 11.8. The van der Waals surface area contributed by atoms with Crippen molar-refractivity contribution in [3.8, 4) is 16.9 Å². The molecule has 0 saturated heterocycles. The number of hydrogen-bond acceptors (Lipinski definition) is 3. The highest BCUT2D eigenvalue weighted by molar-refractivity contribution is 5.84. The maximum absolute atomic E-state index is 9.42. The predicted molar refractivity (Wildman–Crippen MR) is 65.6 cm³/mol. The molecule has 84 valence electrons. The zero-order valence-electron chi connectivity index (χ0n) is 9.33. The van der Waals surface area contributed by atoms with Gasteiger partial charge >= 0.3 is 0 Å². The topological polar surface area (TPSA) is 50.9 Å². The highest BCUT2D eigenvalue weighted by Gasteiger charge is 2.04. The first-order valence-corrected chi connectivity index (χ1v) is 5.30. The third-order valence-corrected chi connectivity index (χ3v) is 2.81. The molecular weight excluding hydrogens is 214 g/mol. The van der Waals surface area contributed by atoms with Crippen molar-refractivity contribution in [2.75, 3.05) is 0 Å². The maximum atomic E-state index is 9.42.